The first-order valence-corrected chi connectivity index (χ1v) is 11.8. The van der Waals surface area contributed by atoms with Crippen molar-refractivity contribution < 1.29 is 19.1 Å². The van der Waals surface area contributed by atoms with Gasteiger partial charge in [-0.15, -0.1) is 0 Å². The van der Waals surface area contributed by atoms with E-state index < -0.39 is 0 Å². The summed E-state index contributed by atoms with van der Waals surface area (Å²) in [5.74, 6) is 1.28. The lowest BCUT2D eigenvalue weighted by atomic mass is 10.1. The summed E-state index contributed by atoms with van der Waals surface area (Å²) in [4.78, 5) is 25.8. The highest BCUT2D eigenvalue weighted by Gasteiger charge is 2.15. The molecule has 0 heterocycles. The molecule has 0 spiro atoms. The lowest BCUT2D eigenvalue weighted by Gasteiger charge is -2.23. The molecule has 0 aliphatic carbocycles. The lowest BCUT2D eigenvalue weighted by Crippen LogP contribution is -2.43. The summed E-state index contributed by atoms with van der Waals surface area (Å²) in [6.07, 6.45) is 1.14. The fourth-order valence-electron chi connectivity index (χ4n) is 3.45. The molecule has 10 heteroatoms. The number of nitrogens with one attached hydrogen (secondary N) is 3. The molecule has 10 nitrogen and oxygen atoms in total. The van der Waals surface area contributed by atoms with Gasteiger partial charge in [0.25, 0.3) is 0 Å². The normalized spacial score (nSPS) is 11.4. The Bertz CT molecular complexity index is 1020. The zero-order valence-electron chi connectivity index (χ0n) is 20.9. The first-order chi connectivity index (χ1) is 17.2. The Morgan fingerprint density at radius 1 is 0.861 bits per heavy atom. The number of hydrogen-bond donors (Lipinski definition) is 5. The van der Waals surface area contributed by atoms with Crippen molar-refractivity contribution >= 4 is 23.4 Å². The average molecular weight is 497 g/mol. The first kappa shape index (κ1) is 28.3. The van der Waals surface area contributed by atoms with E-state index in [1.54, 1.807) is 53.4 Å². The van der Waals surface area contributed by atoms with Crippen LogP contribution in [0.2, 0.25) is 0 Å². The minimum atomic E-state index is -0.378. The summed E-state index contributed by atoms with van der Waals surface area (Å²) in [6.45, 7) is 5.32. The third kappa shape index (κ3) is 9.75. The van der Waals surface area contributed by atoms with Crippen molar-refractivity contribution in [3.05, 3.63) is 59.7 Å². The summed E-state index contributed by atoms with van der Waals surface area (Å²) in [6, 6.07) is 13.5. The highest BCUT2D eigenvalue weighted by molar-refractivity contribution is 5.95. The molecule has 2 aromatic rings. The van der Waals surface area contributed by atoms with E-state index in [0.717, 1.165) is 0 Å². The molecule has 0 aliphatic rings. The van der Waals surface area contributed by atoms with E-state index >= 15 is 0 Å². The van der Waals surface area contributed by atoms with E-state index in [-0.39, 0.29) is 29.4 Å². The molecule has 2 aromatic carbocycles. The molecule has 0 saturated carbocycles. The molecule has 0 saturated heterocycles. The van der Waals surface area contributed by atoms with E-state index in [1.165, 1.54) is 13.8 Å². The molecule has 0 aliphatic heterocycles. The monoisotopic (exact) mass is 496 g/mol. The molecular formula is C26H36N6O4. The Morgan fingerprint density at radius 2 is 1.36 bits per heavy atom. The van der Waals surface area contributed by atoms with Gasteiger partial charge in [0.15, 0.2) is 0 Å². The van der Waals surface area contributed by atoms with Crippen LogP contribution in [-0.2, 0) is 9.59 Å². The van der Waals surface area contributed by atoms with Gasteiger partial charge in [0.2, 0.25) is 5.91 Å². The van der Waals surface area contributed by atoms with Crippen LogP contribution in [0.4, 0.5) is 0 Å². The summed E-state index contributed by atoms with van der Waals surface area (Å²) < 4.78 is 11.4. The number of amides is 1. The third-order valence-electron chi connectivity index (χ3n) is 5.56. The SMILES string of the molecule is CC(=O)C(CCOc1ccc(C(=N)N)cc1)NCCN(CCCOc1ccc(C(=N)N)cc1)C(C)=O. The zero-order chi connectivity index (χ0) is 26.5. The Morgan fingerprint density at radius 3 is 1.81 bits per heavy atom. The van der Waals surface area contributed by atoms with Gasteiger partial charge in [0.05, 0.1) is 19.3 Å². The topological polar surface area (TPSA) is 168 Å². The molecule has 194 valence electrons. The molecule has 0 fully saturated rings. The second-order valence-corrected chi connectivity index (χ2v) is 8.34. The molecule has 1 unspecified atom stereocenters. The summed E-state index contributed by atoms with van der Waals surface area (Å²) in [5.41, 5.74) is 12.2. The van der Waals surface area contributed by atoms with Crippen molar-refractivity contribution in [2.75, 3.05) is 32.8 Å². The van der Waals surface area contributed by atoms with Crippen LogP contribution in [0.1, 0.15) is 37.8 Å². The second kappa shape index (κ2) is 14.5. The van der Waals surface area contributed by atoms with Gasteiger partial charge in [-0.05, 0) is 61.9 Å². The van der Waals surface area contributed by atoms with Crippen molar-refractivity contribution in [2.45, 2.75) is 32.7 Å². The molecule has 0 bridgehead atoms. The molecule has 7 N–H and O–H groups in total. The molecular weight excluding hydrogens is 460 g/mol. The highest BCUT2D eigenvalue weighted by atomic mass is 16.5. The highest BCUT2D eigenvalue weighted by Crippen LogP contribution is 2.13. The average Bonchev–Trinajstić information content (AvgIpc) is 2.84. The Hall–Kier alpha value is -3.92. The van der Waals surface area contributed by atoms with E-state index in [4.69, 9.17) is 31.8 Å². The van der Waals surface area contributed by atoms with Crippen LogP contribution in [0.5, 0.6) is 11.5 Å². The Labute approximate surface area is 212 Å². The van der Waals surface area contributed by atoms with Gasteiger partial charge in [0.1, 0.15) is 29.0 Å². The molecule has 1 atom stereocenters. The number of ether oxygens (including phenoxy) is 2. The maximum Gasteiger partial charge on any atom is 0.219 e. The van der Waals surface area contributed by atoms with Gasteiger partial charge < -0.3 is 31.2 Å². The summed E-state index contributed by atoms with van der Waals surface area (Å²) in [7, 11) is 0. The fraction of sp³-hybridized carbons (Fsp3) is 0.385. The van der Waals surface area contributed by atoms with Crippen molar-refractivity contribution in [2.24, 2.45) is 11.5 Å². The maximum atomic E-state index is 12.0. The molecule has 36 heavy (non-hydrogen) atoms. The fourth-order valence-corrected chi connectivity index (χ4v) is 3.45. The summed E-state index contributed by atoms with van der Waals surface area (Å²) in [5, 5.41) is 18.1. The van der Waals surface area contributed by atoms with E-state index in [9.17, 15) is 9.59 Å². The quantitative estimate of drug-likeness (QED) is 0.134. The van der Waals surface area contributed by atoms with Crippen molar-refractivity contribution in [1.82, 2.24) is 10.2 Å². The van der Waals surface area contributed by atoms with E-state index in [2.05, 4.69) is 5.32 Å². The van der Waals surface area contributed by atoms with Gasteiger partial charge in [-0.3, -0.25) is 20.4 Å². The number of hydrogen-bond acceptors (Lipinski definition) is 7. The van der Waals surface area contributed by atoms with Crippen molar-refractivity contribution in [3.8, 4) is 11.5 Å². The van der Waals surface area contributed by atoms with Crippen molar-refractivity contribution in [3.63, 3.8) is 0 Å². The maximum absolute atomic E-state index is 12.0. The van der Waals surface area contributed by atoms with E-state index in [1.807, 2.05) is 0 Å². The molecule has 1 amide bonds. The van der Waals surface area contributed by atoms with Gasteiger partial charge in [-0.1, -0.05) is 0 Å². The first-order valence-electron chi connectivity index (χ1n) is 11.8. The third-order valence-corrected chi connectivity index (χ3v) is 5.56. The summed E-state index contributed by atoms with van der Waals surface area (Å²) >= 11 is 0. The zero-order valence-corrected chi connectivity index (χ0v) is 20.9. The number of benzene rings is 2. The van der Waals surface area contributed by atoms with Gasteiger partial charge in [-0.2, -0.15) is 0 Å². The van der Waals surface area contributed by atoms with E-state index in [0.29, 0.717) is 68.3 Å². The van der Waals surface area contributed by atoms with Gasteiger partial charge >= 0.3 is 0 Å². The number of nitrogen functional groups attached to an aromatic ring is 2. The number of carbonyl (C=O) groups is 2. The molecule has 0 radical (unpaired) electrons. The number of carbonyl (C=O) groups excluding carboxylic acids is 2. The van der Waals surface area contributed by atoms with Crippen LogP contribution in [0.3, 0.4) is 0 Å². The van der Waals surface area contributed by atoms with Gasteiger partial charge in [0, 0.05) is 44.1 Å². The Kier molecular flexibility index (Phi) is 11.4. The number of amidine groups is 2. The standard InChI is InChI=1S/C26H36N6O4/c1-18(33)24(12-17-36-23-10-6-21(7-11-23)26(29)30)31-13-15-32(19(2)34)14-3-16-35-22-8-4-20(5-9-22)25(27)28/h4-11,24,31H,3,12-17H2,1-2H3,(H3,27,28)(H3,29,30). The predicted octanol–water partition coefficient (Wildman–Crippen LogP) is 1.89. The lowest BCUT2D eigenvalue weighted by molar-refractivity contribution is -0.128. The van der Waals surface area contributed by atoms with Crippen LogP contribution < -0.4 is 26.3 Å². The minimum absolute atomic E-state index is 0.00379. The largest absolute Gasteiger partial charge is 0.494 e. The number of nitrogens with zero attached hydrogens (tertiary/aromatic N) is 1. The smallest absolute Gasteiger partial charge is 0.219 e. The number of ketones is 1. The van der Waals surface area contributed by atoms with Crippen molar-refractivity contribution in [1.29, 1.82) is 10.8 Å². The van der Waals surface area contributed by atoms with Crippen LogP contribution in [-0.4, -0.2) is 67.2 Å². The second-order valence-electron chi connectivity index (χ2n) is 8.34. The Balaban J connectivity index is 1.71. The van der Waals surface area contributed by atoms with Gasteiger partial charge in [-0.25, -0.2) is 0 Å². The number of nitrogens with two attached hydrogens (primary N) is 2. The van der Waals surface area contributed by atoms with Crippen LogP contribution in [0.25, 0.3) is 0 Å². The van der Waals surface area contributed by atoms with Crippen LogP contribution in [0, 0.1) is 10.8 Å². The molecule has 0 aromatic heterocycles. The van der Waals surface area contributed by atoms with Crippen LogP contribution in [0.15, 0.2) is 48.5 Å². The minimum Gasteiger partial charge on any atom is -0.494 e. The predicted molar refractivity (Wildman–Crippen MR) is 140 cm³/mol. The number of Topliss-reactive ketones (excluding diaryl/α,β-unsaturated/α-hetero) is 1. The molecule has 2 rings (SSSR count). The van der Waals surface area contributed by atoms with Crippen LogP contribution >= 0.6 is 0 Å². The number of rotatable bonds is 16.